The average Bonchev–Trinajstić information content (AvgIpc) is 2.00. The molecule has 0 aromatic rings. The third-order valence-electron chi connectivity index (χ3n) is 2.68. The lowest BCUT2D eigenvalue weighted by atomic mass is 10.00. The first-order chi connectivity index (χ1) is 6.62. The molecule has 0 heterocycles. The fourth-order valence-electron chi connectivity index (χ4n) is 1.95. The molecule has 0 rings (SSSR count). The Hall–Kier alpha value is -0.210. The molecule has 15 heavy (non-hydrogen) atoms. The fourth-order valence-corrected chi connectivity index (χ4v) is 3.39. The van der Waals surface area contributed by atoms with E-state index in [4.69, 9.17) is 5.73 Å². The van der Waals surface area contributed by atoms with Gasteiger partial charge in [-0.3, -0.25) is 9.45 Å². The van der Waals surface area contributed by atoms with Gasteiger partial charge in [-0.2, -0.15) is 8.42 Å². The van der Waals surface area contributed by atoms with Crippen molar-refractivity contribution in [2.75, 3.05) is 14.1 Å². The van der Waals surface area contributed by atoms with Crippen LogP contribution in [-0.2, 0) is 10.1 Å². The summed E-state index contributed by atoms with van der Waals surface area (Å²) in [6, 6.07) is -0.873. The summed E-state index contributed by atoms with van der Waals surface area (Å²) < 4.78 is 32.1. The molecule has 0 aromatic heterocycles. The summed E-state index contributed by atoms with van der Waals surface area (Å²) in [6.45, 7) is 2.99. The van der Waals surface area contributed by atoms with Gasteiger partial charge in [-0.25, -0.2) is 0 Å². The summed E-state index contributed by atoms with van der Waals surface area (Å²) in [6.07, 6.45) is -0.972. The molecular weight excluding hydrogens is 220 g/mol. The van der Waals surface area contributed by atoms with Crippen LogP contribution in [0.5, 0.6) is 0 Å². The van der Waals surface area contributed by atoms with Gasteiger partial charge in [0.2, 0.25) is 0 Å². The van der Waals surface area contributed by atoms with E-state index < -0.39 is 27.1 Å². The van der Waals surface area contributed by atoms with Crippen molar-refractivity contribution < 1.29 is 18.1 Å². The normalized spacial score (nSPS) is 21.1. The maximum atomic E-state index is 11.4. The Balaban J connectivity index is 5.72. The molecular formula is C8H20N2O4S. The highest BCUT2D eigenvalue weighted by Crippen LogP contribution is 2.28. The number of likely N-dealkylation sites (N-methyl/N-ethyl adjacent to an activating group) is 1. The second-order valence-electron chi connectivity index (χ2n) is 3.81. The van der Waals surface area contributed by atoms with Gasteiger partial charge < -0.3 is 10.8 Å². The smallest absolute Gasteiger partial charge is 0.288 e. The maximum absolute atomic E-state index is 11.4. The Bertz CT molecular complexity index is 292. The van der Waals surface area contributed by atoms with Crippen LogP contribution in [-0.4, -0.2) is 54.1 Å². The molecule has 0 aliphatic carbocycles. The summed E-state index contributed by atoms with van der Waals surface area (Å²) >= 11 is 0. The monoisotopic (exact) mass is 240 g/mol. The number of aliphatic hydroxyl groups is 1. The first-order valence-electron chi connectivity index (χ1n) is 4.70. The number of aliphatic hydroxyl groups excluding tert-OH is 1. The Kier molecular flexibility index (Phi) is 4.68. The van der Waals surface area contributed by atoms with Crippen molar-refractivity contribution in [1.82, 2.24) is 4.90 Å². The summed E-state index contributed by atoms with van der Waals surface area (Å²) in [4.78, 5) is -0.622. The molecule has 3 unspecified atom stereocenters. The van der Waals surface area contributed by atoms with Crippen LogP contribution in [0.25, 0.3) is 0 Å². The summed E-state index contributed by atoms with van der Waals surface area (Å²) in [5.41, 5.74) is 5.70. The molecule has 0 saturated heterocycles. The second kappa shape index (κ2) is 4.75. The number of hydrogen-bond donors (Lipinski definition) is 3. The lowest BCUT2D eigenvalue weighted by Gasteiger charge is -2.42. The maximum Gasteiger partial charge on any atom is 0.288 e. The van der Waals surface area contributed by atoms with Gasteiger partial charge in [0.1, 0.15) is 0 Å². The van der Waals surface area contributed by atoms with Gasteiger partial charge in [-0.1, -0.05) is 6.92 Å². The van der Waals surface area contributed by atoms with Crippen molar-refractivity contribution in [2.45, 2.75) is 37.3 Å². The van der Waals surface area contributed by atoms with Crippen LogP contribution in [0.2, 0.25) is 0 Å². The summed E-state index contributed by atoms with van der Waals surface area (Å²) in [5.74, 6) is 0. The average molecular weight is 240 g/mol. The SMILES string of the molecule is CCC(N)C(C(C)O)(N(C)C)S(=O)(=O)O. The highest BCUT2D eigenvalue weighted by molar-refractivity contribution is 7.87. The molecule has 6 nitrogen and oxygen atoms in total. The first-order valence-corrected chi connectivity index (χ1v) is 6.14. The number of rotatable bonds is 5. The molecule has 0 aromatic carbocycles. The van der Waals surface area contributed by atoms with Crippen molar-refractivity contribution in [3.63, 3.8) is 0 Å². The first kappa shape index (κ1) is 14.8. The van der Waals surface area contributed by atoms with E-state index >= 15 is 0 Å². The second-order valence-corrected chi connectivity index (χ2v) is 5.42. The van der Waals surface area contributed by atoms with Crippen LogP contribution in [0.1, 0.15) is 20.3 Å². The van der Waals surface area contributed by atoms with E-state index in [-0.39, 0.29) is 0 Å². The third-order valence-corrected chi connectivity index (χ3v) is 4.52. The van der Waals surface area contributed by atoms with Gasteiger partial charge >= 0.3 is 0 Å². The quantitative estimate of drug-likeness (QED) is 0.546. The van der Waals surface area contributed by atoms with Crippen LogP contribution in [0.3, 0.4) is 0 Å². The largest absolute Gasteiger partial charge is 0.390 e. The molecule has 3 atom stereocenters. The molecule has 4 N–H and O–H groups in total. The highest BCUT2D eigenvalue weighted by atomic mass is 32.2. The number of nitrogens with zero attached hydrogens (tertiary/aromatic N) is 1. The topological polar surface area (TPSA) is 104 Å². The zero-order valence-electron chi connectivity index (χ0n) is 9.51. The minimum Gasteiger partial charge on any atom is -0.390 e. The number of hydrogen-bond acceptors (Lipinski definition) is 5. The fraction of sp³-hybridized carbons (Fsp3) is 1.00. The molecule has 7 heteroatoms. The van der Waals surface area contributed by atoms with Crippen LogP contribution >= 0.6 is 0 Å². The molecule has 0 bridgehead atoms. The van der Waals surface area contributed by atoms with E-state index in [1.807, 2.05) is 0 Å². The van der Waals surface area contributed by atoms with Crippen molar-refractivity contribution in [2.24, 2.45) is 5.73 Å². The Morgan fingerprint density at radius 1 is 1.47 bits per heavy atom. The molecule has 0 fully saturated rings. The molecule has 0 aliphatic heterocycles. The molecule has 0 aliphatic rings. The number of nitrogens with two attached hydrogens (primary N) is 1. The zero-order valence-corrected chi connectivity index (χ0v) is 10.3. The van der Waals surface area contributed by atoms with E-state index in [2.05, 4.69) is 0 Å². The van der Waals surface area contributed by atoms with E-state index in [0.717, 1.165) is 0 Å². The van der Waals surface area contributed by atoms with E-state index in [1.54, 1.807) is 6.92 Å². The molecule has 0 saturated carbocycles. The van der Waals surface area contributed by atoms with Gasteiger partial charge in [-0.15, -0.1) is 0 Å². The van der Waals surface area contributed by atoms with Gasteiger partial charge in [0.15, 0.2) is 4.87 Å². The standard InChI is InChI=1S/C8H20N2O4S/c1-5-7(9)8(6(2)11,10(3)4)15(12,13)14/h6-7,11H,5,9H2,1-4H3,(H,12,13,14). The summed E-state index contributed by atoms with van der Waals surface area (Å²) in [7, 11) is -1.58. The lowest BCUT2D eigenvalue weighted by Crippen LogP contribution is -2.67. The van der Waals surface area contributed by atoms with Gasteiger partial charge in [0.05, 0.1) is 6.10 Å². The zero-order chi connectivity index (χ0) is 12.4. The third kappa shape index (κ3) is 2.31. The van der Waals surface area contributed by atoms with Crippen molar-refractivity contribution in [3.05, 3.63) is 0 Å². The predicted octanol–water partition coefficient (Wildman–Crippen LogP) is -0.750. The Labute approximate surface area is 90.8 Å². The molecule has 0 radical (unpaired) electrons. The Morgan fingerprint density at radius 3 is 1.93 bits per heavy atom. The van der Waals surface area contributed by atoms with Crippen molar-refractivity contribution in [3.8, 4) is 0 Å². The van der Waals surface area contributed by atoms with E-state index in [1.165, 1.54) is 25.9 Å². The Morgan fingerprint density at radius 2 is 1.87 bits per heavy atom. The van der Waals surface area contributed by atoms with Gasteiger partial charge in [0, 0.05) is 6.04 Å². The van der Waals surface area contributed by atoms with Crippen LogP contribution < -0.4 is 5.73 Å². The van der Waals surface area contributed by atoms with Gasteiger partial charge in [-0.05, 0) is 27.4 Å². The minimum absolute atomic E-state index is 0.322. The molecule has 92 valence electrons. The predicted molar refractivity (Wildman–Crippen MR) is 57.9 cm³/mol. The van der Waals surface area contributed by atoms with Gasteiger partial charge in [0.25, 0.3) is 10.1 Å². The van der Waals surface area contributed by atoms with Crippen LogP contribution in [0, 0.1) is 0 Å². The van der Waals surface area contributed by atoms with Crippen LogP contribution in [0.15, 0.2) is 0 Å². The van der Waals surface area contributed by atoms with E-state index in [9.17, 15) is 18.1 Å². The minimum atomic E-state index is -4.49. The lowest BCUT2D eigenvalue weighted by molar-refractivity contribution is 0.0370. The summed E-state index contributed by atoms with van der Waals surface area (Å²) in [5, 5.41) is 9.61. The molecule has 0 spiro atoms. The van der Waals surface area contributed by atoms with E-state index in [0.29, 0.717) is 6.42 Å². The van der Waals surface area contributed by atoms with Crippen LogP contribution in [0.4, 0.5) is 0 Å². The molecule has 0 amide bonds. The van der Waals surface area contributed by atoms with Crippen molar-refractivity contribution >= 4 is 10.1 Å². The van der Waals surface area contributed by atoms with Crippen molar-refractivity contribution in [1.29, 1.82) is 0 Å². The highest BCUT2D eigenvalue weighted by Gasteiger charge is 2.53.